The van der Waals surface area contributed by atoms with Gasteiger partial charge in [0.2, 0.25) is 5.91 Å². The van der Waals surface area contributed by atoms with Crippen LogP contribution in [0.2, 0.25) is 0 Å². The molecule has 33 heavy (non-hydrogen) atoms. The van der Waals surface area contributed by atoms with Gasteiger partial charge in [-0.05, 0) is 43.4 Å². The third kappa shape index (κ3) is 4.18. The van der Waals surface area contributed by atoms with E-state index in [-0.39, 0.29) is 36.7 Å². The van der Waals surface area contributed by atoms with Crippen LogP contribution in [0.15, 0.2) is 60.8 Å². The van der Waals surface area contributed by atoms with Crippen molar-refractivity contribution in [2.45, 2.75) is 44.7 Å². The summed E-state index contributed by atoms with van der Waals surface area (Å²) in [6.45, 7) is 0.960. The van der Waals surface area contributed by atoms with Crippen molar-refractivity contribution in [3.8, 4) is 0 Å². The lowest BCUT2D eigenvalue weighted by atomic mass is 9.92. The van der Waals surface area contributed by atoms with Gasteiger partial charge in [-0.3, -0.25) is 24.0 Å². The Balaban J connectivity index is 1.17. The molecule has 1 aromatic heterocycles. The van der Waals surface area contributed by atoms with E-state index in [1.54, 1.807) is 24.3 Å². The molecule has 2 aliphatic rings. The molecule has 2 heterocycles. The van der Waals surface area contributed by atoms with Crippen LogP contribution >= 0.6 is 0 Å². The Kier molecular flexibility index (Phi) is 5.77. The minimum atomic E-state index is -0.279. The fourth-order valence-corrected chi connectivity index (χ4v) is 4.77. The van der Waals surface area contributed by atoms with Crippen molar-refractivity contribution in [2.24, 2.45) is 0 Å². The largest absolute Gasteiger partial charge is 0.349 e. The molecule has 1 N–H and O–H groups in total. The lowest BCUT2D eigenvalue weighted by Crippen LogP contribution is -2.33. The molecule has 3 aromatic rings. The van der Waals surface area contributed by atoms with Gasteiger partial charge in [0.25, 0.3) is 11.8 Å². The molecule has 1 atom stereocenters. The number of rotatable bonds is 7. The summed E-state index contributed by atoms with van der Waals surface area (Å²) >= 11 is 0. The highest BCUT2D eigenvalue weighted by atomic mass is 16.2. The van der Waals surface area contributed by atoms with Crippen LogP contribution in [0.1, 0.15) is 69.3 Å². The number of hydrogen-bond donors (Lipinski definition) is 1. The van der Waals surface area contributed by atoms with Crippen molar-refractivity contribution in [1.82, 2.24) is 20.0 Å². The number of fused-ring (bicyclic) bond motifs is 2. The van der Waals surface area contributed by atoms with Gasteiger partial charge < -0.3 is 5.32 Å². The second kappa shape index (κ2) is 9.02. The predicted octanol–water partition coefficient (Wildman–Crippen LogP) is 3.50. The van der Waals surface area contributed by atoms with E-state index in [0.717, 1.165) is 31.4 Å². The van der Waals surface area contributed by atoms with Gasteiger partial charge in [0, 0.05) is 24.2 Å². The summed E-state index contributed by atoms with van der Waals surface area (Å²) in [5.74, 6) is -0.627. The molecule has 0 bridgehead atoms. The van der Waals surface area contributed by atoms with Gasteiger partial charge in [-0.25, -0.2) is 0 Å². The number of imide groups is 1. The molecule has 168 valence electrons. The third-order valence-electron chi connectivity index (χ3n) is 6.44. The summed E-state index contributed by atoms with van der Waals surface area (Å²) in [5, 5.41) is 7.72. The Bertz CT molecular complexity index is 1170. The summed E-state index contributed by atoms with van der Waals surface area (Å²) in [5.41, 5.74) is 4.35. The first-order chi connectivity index (χ1) is 16.1. The van der Waals surface area contributed by atoms with Gasteiger partial charge in [0.05, 0.1) is 29.9 Å². The molecule has 1 aliphatic carbocycles. The Hall–Kier alpha value is -3.74. The zero-order valence-corrected chi connectivity index (χ0v) is 18.4. The number of carbonyl (C=O) groups is 3. The molecule has 1 unspecified atom stereocenters. The predicted molar refractivity (Wildman–Crippen MR) is 123 cm³/mol. The summed E-state index contributed by atoms with van der Waals surface area (Å²) in [7, 11) is 0. The van der Waals surface area contributed by atoms with Crippen molar-refractivity contribution in [2.75, 3.05) is 6.54 Å². The van der Waals surface area contributed by atoms with Crippen LogP contribution in [0.25, 0.3) is 0 Å². The highest BCUT2D eigenvalue weighted by Gasteiger charge is 2.34. The first-order valence-electron chi connectivity index (χ1n) is 11.4. The Morgan fingerprint density at radius 2 is 1.70 bits per heavy atom. The number of aromatic nitrogens is 2. The van der Waals surface area contributed by atoms with Gasteiger partial charge in [-0.2, -0.15) is 5.10 Å². The highest BCUT2D eigenvalue weighted by Crippen LogP contribution is 2.30. The van der Waals surface area contributed by atoms with Gasteiger partial charge in [-0.1, -0.05) is 42.5 Å². The monoisotopic (exact) mass is 442 g/mol. The minimum absolute atomic E-state index is 0.0509. The van der Waals surface area contributed by atoms with Crippen LogP contribution < -0.4 is 5.32 Å². The minimum Gasteiger partial charge on any atom is -0.349 e. The summed E-state index contributed by atoms with van der Waals surface area (Å²) in [4.78, 5) is 38.8. The third-order valence-corrected chi connectivity index (χ3v) is 6.44. The molecule has 0 saturated heterocycles. The van der Waals surface area contributed by atoms with Crippen molar-refractivity contribution in [1.29, 1.82) is 0 Å². The van der Waals surface area contributed by atoms with Crippen LogP contribution in [0, 0.1) is 0 Å². The number of carbonyl (C=O) groups excluding carboxylic acids is 3. The maximum Gasteiger partial charge on any atom is 0.261 e. The average Bonchev–Trinajstić information content (AvgIpc) is 3.35. The molecule has 7 heteroatoms. The number of nitrogens with zero attached hydrogens (tertiary/aromatic N) is 3. The van der Waals surface area contributed by atoms with E-state index in [9.17, 15) is 14.4 Å². The van der Waals surface area contributed by atoms with E-state index in [0.29, 0.717) is 17.5 Å². The average molecular weight is 443 g/mol. The molecule has 0 saturated carbocycles. The van der Waals surface area contributed by atoms with Gasteiger partial charge in [-0.15, -0.1) is 0 Å². The first kappa shape index (κ1) is 21.1. The zero-order valence-electron chi connectivity index (χ0n) is 18.4. The number of benzene rings is 2. The van der Waals surface area contributed by atoms with E-state index in [4.69, 9.17) is 0 Å². The fraction of sp³-hybridized carbons (Fsp3) is 0.308. The van der Waals surface area contributed by atoms with E-state index >= 15 is 0 Å². The number of amides is 3. The molecule has 2 aromatic carbocycles. The van der Waals surface area contributed by atoms with Crippen LogP contribution in [0.4, 0.5) is 0 Å². The maximum atomic E-state index is 12.6. The second-order valence-corrected chi connectivity index (χ2v) is 8.61. The van der Waals surface area contributed by atoms with Crippen molar-refractivity contribution >= 4 is 17.7 Å². The molecule has 5 rings (SSSR count). The molecular formula is C26H26N4O3. The first-order valence-corrected chi connectivity index (χ1v) is 11.4. The molecule has 0 fully saturated rings. The lowest BCUT2D eigenvalue weighted by molar-refractivity contribution is -0.122. The van der Waals surface area contributed by atoms with E-state index in [2.05, 4.69) is 22.5 Å². The molecule has 7 nitrogen and oxygen atoms in total. The molecular weight excluding hydrogens is 416 g/mol. The van der Waals surface area contributed by atoms with Gasteiger partial charge in [0.15, 0.2) is 0 Å². The normalized spacial score (nSPS) is 17.1. The van der Waals surface area contributed by atoms with Crippen LogP contribution in [-0.4, -0.2) is 38.9 Å². The number of hydrogen-bond acceptors (Lipinski definition) is 4. The lowest BCUT2D eigenvalue weighted by Gasteiger charge is -2.24. The molecule has 0 spiro atoms. The second-order valence-electron chi connectivity index (χ2n) is 8.61. The van der Waals surface area contributed by atoms with Crippen molar-refractivity contribution in [3.05, 3.63) is 88.7 Å². The van der Waals surface area contributed by atoms with E-state index in [1.807, 2.05) is 29.1 Å². The maximum absolute atomic E-state index is 12.6. The van der Waals surface area contributed by atoms with Crippen LogP contribution in [0.3, 0.4) is 0 Å². The zero-order chi connectivity index (χ0) is 22.8. The SMILES string of the molecule is O=C(CCCN1C(=O)c2ccccc2C1=O)NC1CCCc2c1cnn2Cc1ccccc1. The smallest absolute Gasteiger partial charge is 0.261 e. The topological polar surface area (TPSA) is 84.3 Å². The quantitative estimate of drug-likeness (QED) is 0.568. The standard InChI is InChI=1S/C26H26N4O3/c31-24(14-7-15-29-25(32)19-10-4-5-11-20(19)26(29)33)28-22-12-6-13-23-21(22)16-27-30(23)17-18-8-2-1-3-9-18/h1-5,8-11,16,22H,6-7,12-15,17H2,(H,28,31). The number of nitrogens with one attached hydrogen (secondary N) is 1. The Morgan fingerprint density at radius 1 is 1.00 bits per heavy atom. The summed E-state index contributed by atoms with van der Waals surface area (Å²) < 4.78 is 2.03. The van der Waals surface area contributed by atoms with Gasteiger partial charge >= 0.3 is 0 Å². The van der Waals surface area contributed by atoms with Crippen LogP contribution in [-0.2, 0) is 17.8 Å². The highest BCUT2D eigenvalue weighted by molar-refractivity contribution is 6.21. The van der Waals surface area contributed by atoms with Crippen molar-refractivity contribution < 1.29 is 14.4 Å². The van der Waals surface area contributed by atoms with E-state index in [1.165, 1.54) is 16.2 Å². The fourth-order valence-electron chi connectivity index (χ4n) is 4.77. The molecule has 1 aliphatic heterocycles. The Labute approximate surface area is 192 Å². The van der Waals surface area contributed by atoms with Gasteiger partial charge in [0.1, 0.15) is 0 Å². The molecule has 0 radical (unpaired) electrons. The summed E-state index contributed by atoms with van der Waals surface area (Å²) in [6.07, 6.45) is 5.40. The van der Waals surface area contributed by atoms with E-state index < -0.39 is 0 Å². The van der Waals surface area contributed by atoms with Crippen LogP contribution in [0.5, 0.6) is 0 Å². The van der Waals surface area contributed by atoms with Crippen molar-refractivity contribution in [3.63, 3.8) is 0 Å². The summed E-state index contributed by atoms with van der Waals surface area (Å²) in [6, 6.07) is 17.0. The Morgan fingerprint density at radius 3 is 2.42 bits per heavy atom. The molecule has 3 amide bonds.